The van der Waals surface area contributed by atoms with Gasteiger partial charge in [0.05, 0.1) is 0 Å². The maximum Gasteiger partial charge on any atom is 0.156 e. The van der Waals surface area contributed by atoms with Crippen LogP contribution in [0.1, 0.15) is 5.56 Å². The topological polar surface area (TPSA) is 78.1 Å². The molecule has 2 aromatic rings. The molecule has 0 fully saturated rings. The van der Waals surface area contributed by atoms with Crippen LogP contribution in [0.15, 0.2) is 29.8 Å². The Labute approximate surface area is 85.4 Å². The lowest BCUT2D eigenvalue weighted by Crippen LogP contribution is -1.99. The summed E-state index contributed by atoms with van der Waals surface area (Å²) in [4.78, 5) is 8.93. The van der Waals surface area contributed by atoms with E-state index in [4.69, 9.17) is 4.84 Å². The van der Waals surface area contributed by atoms with E-state index in [1.165, 1.54) is 11.0 Å². The minimum absolute atomic E-state index is 0.354. The van der Waals surface area contributed by atoms with Gasteiger partial charge >= 0.3 is 0 Å². The molecule has 15 heavy (non-hydrogen) atoms. The highest BCUT2D eigenvalue weighted by Gasteiger charge is 1.99. The predicted octanol–water partition coefficient (Wildman–Crippen LogP) is 0.189. The summed E-state index contributed by atoms with van der Waals surface area (Å²) in [7, 11) is 0. The maximum atomic E-state index is 4.78. The molecular weight excluding hydrogens is 196 g/mol. The zero-order chi connectivity index (χ0) is 10.5. The van der Waals surface area contributed by atoms with E-state index in [0.717, 1.165) is 5.56 Å². The molecule has 0 spiro atoms. The molecule has 0 aliphatic rings. The number of nitrogens with zero attached hydrogens (tertiary/aromatic N) is 6. The summed E-state index contributed by atoms with van der Waals surface area (Å²) >= 11 is 0. The molecule has 0 aromatic carbocycles. The molecule has 0 amide bonds. The molecule has 0 bridgehead atoms. The lowest BCUT2D eigenvalue weighted by molar-refractivity contribution is 0.133. The third-order valence-electron chi connectivity index (χ3n) is 1.72. The minimum atomic E-state index is 0.354. The van der Waals surface area contributed by atoms with E-state index in [1.54, 1.807) is 12.3 Å². The highest BCUT2D eigenvalue weighted by molar-refractivity contribution is 5.23. The highest BCUT2D eigenvalue weighted by atomic mass is 16.6. The molecule has 0 saturated carbocycles. The Morgan fingerprint density at radius 1 is 1.47 bits per heavy atom. The van der Waals surface area contributed by atoms with Gasteiger partial charge in [-0.3, -0.25) is 0 Å². The molecule has 0 radical (unpaired) electrons. The molecule has 0 aliphatic heterocycles. The van der Waals surface area contributed by atoms with Gasteiger partial charge in [-0.1, -0.05) is 6.07 Å². The van der Waals surface area contributed by atoms with Crippen LogP contribution in [0.3, 0.4) is 0 Å². The van der Waals surface area contributed by atoms with Crippen molar-refractivity contribution in [1.29, 1.82) is 0 Å². The second-order valence-electron chi connectivity index (χ2n) is 2.68. The lowest BCUT2D eigenvalue weighted by atomic mass is 10.3. The molecule has 2 aromatic heterocycles. The molecule has 7 nitrogen and oxygen atoms in total. The summed E-state index contributed by atoms with van der Waals surface area (Å²) in [6.07, 6.45) is 3.14. The fourth-order valence-corrected chi connectivity index (χ4v) is 1.02. The van der Waals surface area contributed by atoms with E-state index < -0.39 is 0 Å². The van der Waals surface area contributed by atoms with Crippen molar-refractivity contribution in [3.63, 3.8) is 0 Å². The van der Waals surface area contributed by atoms with Crippen molar-refractivity contribution in [2.45, 2.75) is 6.61 Å². The zero-order valence-corrected chi connectivity index (χ0v) is 7.82. The van der Waals surface area contributed by atoms with Gasteiger partial charge in [-0.2, -0.15) is 4.68 Å². The van der Waals surface area contributed by atoms with Crippen LogP contribution in [-0.2, 0) is 11.4 Å². The van der Waals surface area contributed by atoms with Crippen LogP contribution < -0.4 is 0 Å². The Hall–Kier alpha value is -2.31. The first-order chi connectivity index (χ1) is 7.40. The average molecular weight is 204 g/mol. The molecule has 0 atom stereocenters. The first-order valence-electron chi connectivity index (χ1n) is 4.16. The Morgan fingerprint density at radius 2 is 2.40 bits per heavy atom. The Bertz CT molecular complexity index is 423. The van der Waals surface area contributed by atoms with Crippen LogP contribution in [0.25, 0.3) is 5.82 Å². The quantitative estimate of drug-likeness (QED) is 0.524. The van der Waals surface area contributed by atoms with Crippen molar-refractivity contribution in [3.05, 3.63) is 30.2 Å². The van der Waals surface area contributed by atoms with Crippen molar-refractivity contribution in [2.75, 3.05) is 0 Å². The van der Waals surface area contributed by atoms with Crippen LogP contribution in [-0.4, -0.2) is 31.9 Å². The summed E-state index contributed by atoms with van der Waals surface area (Å²) in [5.41, 5.74) is 0.902. The Balaban J connectivity index is 2.14. The number of tetrazole rings is 1. The van der Waals surface area contributed by atoms with E-state index in [9.17, 15) is 0 Å². The van der Waals surface area contributed by atoms with Crippen molar-refractivity contribution >= 4 is 6.72 Å². The number of rotatable bonds is 4. The largest absolute Gasteiger partial charge is 0.391 e. The van der Waals surface area contributed by atoms with Crippen LogP contribution >= 0.6 is 0 Å². The molecule has 76 valence electrons. The maximum absolute atomic E-state index is 4.78. The Kier molecular flexibility index (Phi) is 2.63. The number of hydrogen-bond donors (Lipinski definition) is 0. The SMILES string of the molecule is C=NOCc1ccc(-n2cnnn2)nc1. The number of oxime groups is 1. The zero-order valence-electron chi connectivity index (χ0n) is 7.82. The molecule has 0 saturated heterocycles. The van der Waals surface area contributed by atoms with Gasteiger partial charge in [0.25, 0.3) is 0 Å². The van der Waals surface area contributed by atoms with Gasteiger partial charge < -0.3 is 4.84 Å². The first kappa shape index (κ1) is 9.25. The fourth-order valence-electron chi connectivity index (χ4n) is 1.02. The number of hydrogen-bond acceptors (Lipinski definition) is 6. The molecule has 7 heteroatoms. The summed E-state index contributed by atoms with van der Waals surface area (Å²) < 4.78 is 1.47. The summed E-state index contributed by atoms with van der Waals surface area (Å²) in [6.45, 7) is 3.56. The van der Waals surface area contributed by atoms with Gasteiger partial charge in [0, 0.05) is 18.5 Å². The van der Waals surface area contributed by atoms with Gasteiger partial charge in [-0.15, -0.1) is 10.3 Å². The van der Waals surface area contributed by atoms with Crippen molar-refractivity contribution in [1.82, 2.24) is 25.2 Å². The van der Waals surface area contributed by atoms with Crippen LogP contribution in [0.4, 0.5) is 0 Å². The van der Waals surface area contributed by atoms with E-state index in [-0.39, 0.29) is 0 Å². The highest BCUT2D eigenvalue weighted by Crippen LogP contribution is 2.04. The summed E-state index contributed by atoms with van der Waals surface area (Å²) in [5, 5.41) is 14.0. The third-order valence-corrected chi connectivity index (χ3v) is 1.72. The average Bonchev–Trinajstić information content (AvgIpc) is 2.80. The first-order valence-corrected chi connectivity index (χ1v) is 4.16. The van der Waals surface area contributed by atoms with Crippen LogP contribution in [0, 0.1) is 0 Å². The molecule has 2 heterocycles. The molecule has 0 N–H and O–H groups in total. The lowest BCUT2D eigenvalue weighted by Gasteiger charge is -2.00. The van der Waals surface area contributed by atoms with Gasteiger partial charge in [-0.25, -0.2) is 4.98 Å². The van der Waals surface area contributed by atoms with Crippen molar-refractivity contribution in [3.8, 4) is 5.82 Å². The molecule has 0 unspecified atom stereocenters. The number of aromatic nitrogens is 5. The molecular formula is C8H8N6O. The van der Waals surface area contributed by atoms with E-state index in [1.807, 2.05) is 6.07 Å². The normalized spacial score (nSPS) is 9.87. The van der Waals surface area contributed by atoms with E-state index in [0.29, 0.717) is 12.4 Å². The second-order valence-corrected chi connectivity index (χ2v) is 2.68. The standard InChI is InChI=1S/C8H8N6O/c1-9-15-5-7-2-3-8(10-4-7)14-6-11-12-13-14/h2-4,6H,1,5H2. The summed E-state index contributed by atoms with van der Waals surface area (Å²) in [6, 6.07) is 3.65. The Morgan fingerprint density at radius 3 is 3.00 bits per heavy atom. The van der Waals surface area contributed by atoms with Crippen LogP contribution in [0.2, 0.25) is 0 Å². The number of pyridine rings is 1. The smallest absolute Gasteiger partial charge is 0.156 e. The monoisotopic (exact) mass is 204 g/mol. The van der Waals surface area contributed by atoms with Crippen molar-refractivity contribution in [2.24, 2.45) is 5.16 Å². The molecule has 0 aliphatic carbocycles. The minimum Gasteiger partial charge on any atom is -0.391 e. The van der Waals surface area contributed by atoms with Gasteiger partial charge in [-0.05, 0) is 16.5 Å². The second kappa shape index (κ2) is 4.27. The predicted molar refractivity (Wildman–Crippen MR) is 51.3 cm³/mol. The van der Waals surface area contributed by atoms with Crippen molar-refractivity contribution < 1.29 is 4.84 Å². The van der Waals surface area contributed by atoms with Gasteiger partial charge in [0.1, 0.15) is 12.9 Å². The third kappa shape index (κ3) is 2.13. The van der Waals surface area contributed by atoms with E-state index >= 15 is 0 Å². The molecule has 2 rings (SSSR count). The van der Waals surface area contributed by atoms with Crippen LogP contribution in [0.5, 0.6) is 0 Å². The van der Waals surface area contributed by atoms with Gasteiger partial charge in [0.15, 0.2) is 5.82 Å². The van der Waals surface area contributed by atoms with Gasteiger partial charge in [0.2, 0.25) is 0 Å². The fraction of sp³-hybridized carbons (Fsp3) is 0.125. The summed E-state index contributed by atoms with van der Waals surface area (Å²) in [5.74, 6) is 0.648. The van der Waals surface area contributed by atoms with E-state index in [2.05, 4.69) is 32.4 Å².